The first-order valence-corrected chi connectivity index (χ1v) is 17.6. The Morgan fingerprint density at radius 1 is 1.11 bits per heavy atom. The Kier molecular flexibility index (Phi) is 9.00. The van der Waals surface area contributed by atoms with Crippen LogP contribution in [-0.4, -0.2) is 48.2 Å². The van der Waals surface area contributed by atoms with Gasteiger partial charge in [-0.3, -0.25) is 4.79 Å². The van der Waals surface area contributed by atoms with Crippen LogP contribution in [0.2, 0.25) is 0 Å². The summed E-state index contributed by atoms with van der Waals surface area (Å²) in [6.45, 7) is 10.4. The molecule has 1 amide bonds. The van der Waals surface area contributed by atoms with E-state index in [4.69, 9.17) is 16.0 Å². The minimum atomic E-state index is -0.958. The third kappa shape index (κ3) is 5.78. The summed E-state index contributed by atoms with van der Waals surface area (Å²) >= 11 is 0. The summed E-state index contributed by atoms with van der Waals surface area (Å²) in [5.74, 6) is 4.86. The first-order valence-electron chi connectivity index (χ1n) is 17.6. The predicted octanol–water partition coefficient (Wildman–Crippen LogP) is 6.97. The molecule has 0 spiro atoms. The quantitative estimate of drug-likeness (QED) is 0.245. The summed E-state index contributed by atoms with van der Waals surface area (Å²) in [5, 5.41) is 18.8. The van der Waals surface area contributed by atoms with E-state index < -0.39 is 5.60 Å². The third-order valence-electron chi connectivity index (χ3n) is 13.3. The molecule has 2 N–H and O–H groups in total. The highest BCUT2D eigenvalue weighted by Crippen LogP contribution is 2.67. The number of ether oxygens (including phenoxy) is 1. The van der Waals surface area contributed by atoms with Crippen molar-refractivity contribution in [2.24, 2.45) is 39.7 Å². The minimum absolute atomic E-state index is 0.00000715. The number of terminal acetylenes is 1. The Balaban J connectivity index is 1.03. The van der Waals surface area contributed by atoms with Gasteiger partial charge in [-0.05, 0) is 111 Å². The van der Waals surface area contributed by atoms with E-state index in [0.717, 1.165) is 82.9 Å². The molecule has 1 aromatic rings. The summed E-state index contributed by atoms with van der Waals surface area (Å²) in [6, 6.07) is 10.7. The van der Waals surface area contributed by atoms with Crippen molar-refractivity contribution >= 4 is 11.6 Å². The molecular formula is C39H54N2O4. The number of carbonyl (C=O) groups is 1. The lowest BCUT2D eigenvalue weighted by Crippen LogP contribution is -2.54. The van der Waals surface area contributed by atoms with E-state index in [2.05, 4.69) is 80.5 Å². The molecule has 1 aliphatic heterocycles. The van der Waals surface area contributed by atoms with Crippen molar-refractivity contribution in [3.8, 4) is 12.3 Å². The van der Waals surface area contributed by atoms with Crippen LogP contribution in [0.15, 0.2) is 47.1 Å². The van der Waals surface area contributed by atoms with Gasteiger partial charge >= 0.3 is 0 Å². The van der Waals surface area contributed by atoms with Crippen molar-refractivity contribution < 1.29 is 19.5 Å². The van der Waals surface area contributed by atoms with Gasteiger partial charge in [0.15, 0.2) is 6.61 Å². The summed E-state index contributed by atoms with van der Waals surface area (Å²) < 4.78 is 6.11. The van der Waals surface area contributed by atoms with E-state index in [9.17, 15) is 9.90 Å². The van der Waals surface area contributed by atoms with Crippen LogP contribution < -0.4 is 5.32 Å². The molecule has 6 heteroatoms. The maximum atomic E-state index is 12.8. The number of allylic oxidation sites excluding steroid dienone is 2. The molecule has 0 bridgehead atoms. The van der Waals surface area contributed by atoms with Crippen LogP contribution in [0.1, 0.15) is 104 Å². The molecule has 8 atom stereocenters. The second-order valence-electron chi connectivity index (χ2n) is 15.7. The monoisotopic (exact) mass is 614 g/mol. The summed E-state index contributed by atoms with van der Waals surface area (Å²) in [4.78, 5) is 18.4. The fourth-order valence-corrected chi connectivity index (χ4v) is 10.4. The zero-order chi connectivity index (χ0) is 31.9. The number of hydrogen-bond donors (Lipinski definition) is 2. The van der Waals surface area contributed by atoms with Gasteiger partial charge in [0.05, 0.1) is 11.8 Å². The van der Waals surface area contributed by atoms with Crippen molar-refractivity contribution in [1.29, 1.82) is 0 Å². The van der Waals surface area contributed by atoms with Gasteiger partial charge in [-0.15, -0.1) is 6.42 Å². The molecule has 45 heavy (non-hydrogen) atoms. The topological polar surface area (TPSA) is 80.2 Å². The van der Waals surface area contributed by atoms with E-state index in [1.54, 1.807) is 0 Å². The molecule has 4 fully saturated rings. The normalized spacial score (nSPS) is 40.1. The summed E-state index contributed by atoms with van der Waals surface area (Å²) in [7, 11) is 0. The first kappa shape index (κ1) is 32.3. The molecule has 1 saturated heterocycles. The van der Waals surface area contributed by atoms with Gasteiger partial charge in [0.1, 0.15) is 5.60 Å². The lowest BCUT2D eigenvalue weighted by Gasteiger charge is -2.58. The molecule has 0 radical (unpaired) electrons. The number of oxime groups is 1. The number of nitrogens with zero attached hydrogens (tertiary/aromatic N) is 1. The van der Waals surface area contributed by atoms with E-state index >= 15 is 0 Å². The maximum Gasteiger partial charge on any atom is 0.260 e. The average molecular weight is 615 g/mol. The van der Waals surface area contributed by atoms with Gasteiger partial charge in [-0.1, -0.05) is 74.7 Å². The largest absolute Gasteiger partial charge is 0.385 e. The van der Waals surface area contributed by atoms with Crippen LogP contribution in [0, 0.1) is 46.8 Å². The Bertz CT molecular complexity index is 1350. The Hall–Kier alpha value is -2.62. The van der Waals surface area contributed by atoms with Crippen molar-refractivity contribution in [1.82, 2.24) is 5.32 Å². The number of aliphatic hydroxyl groups is 1. The first-order chi connectivity index (χ1) is 21.5. The zero-order valence-electron chi connectivity index (χ0n) is 27.9. The van der Waals surface area contributed by atoms with Crippen molar-refractivity contribution in [2.75, 3.05) is 19.8 Å². The summed E-state index contributed by atoms with van der Waals surface area (Å²) in [5.41, 5.74) is 2.80. The van der Waals surface area contributed by atoms with Crippen LogP contribution >= 0.6 is 0 Å². The number of nitrogens with one attached hydrogen (secondary N) is 1. The molecule has 6 nitrogen and oxygen atoms in total. The van der Waals surface area contributed by atoms with Crippen LogP contribution in [0.25, 0.3) is 0 Å². The molecule has 0 aromatic heterocycles. The number of amides is 1. The standard InChI is InChI=1S/C39H54N2O4/c1-6-39(43)19-16-33-31-13-12-29-24-30(14-17-36(29,4)32(31)15-18-37(33,39)5)41-45-26-35(42)40-22-20-38(28-10-8-7-9-11-28)21-23-44-34(25-38)27(2)3/h1,7-11,24,27,31-34,43H,12-23,25-26H2,2-5H3,(H,40,42)/b41-30-/t31-,32+,33+,34+,36+,37+,38-,39+/m1/s1. The number of rotatable bonds is 8. The molecular weight excluding hydrogens is 560 g/mol. The van der Waals surface area contributed by atoms with Gasteiger partial charge in [0, 0.05) is 24.0 Å². The number of benzene rings is 1. The number of fused-ring (bicyclic) bond motifs is 5. The van der Waals surface area contributed by atoms with Gasteiger partial charge in [0.2, 0.25) is 0 Å². The molecule has 6 rings (SSSR count). The Labute approximate surface area is 270 Å². The van der Waals surface area contributed by atoms with Crippen molar-refractivity contribution in [3.63, 3.8) is 0 Å². The van der Waals surface area contributed by atoms with Gasteiger partial charge in [0.25, 0.3) is 5.91 Å². The molecule has 0 unspecified atom stereocenters. The highest BCUT2D eigenvalue weighted by molar-refractivity contribution is 5.96. The van der Waals surface area contributed by atoms with E-state index in [-0.39, 0.29) is 34.9 Å². The molecule has 4 aliphatic carbocycles. The number of carbonyl (C=O) groups excluding carboxylic acids is 1. The Morgan fingerprint density at radius 3 is 2.64 bits per heavy atom. The molecule has 1 aromatic carbocycles. The molecule has 3 saturated carbocycles. The lowest BCUT2D eigenvalue weighted by molar-refractivity contribution is -0.125. The predicted molar refractivity (Wildman–Crippen MR) is 178 cm³/mol. The number of hydrogen-bond acceptors (Lipinski definition) is 5. The van der Waals surface area contributed by atoms with Gasteiger partial charge < -0.3 is 20.0 Å². The molecule has 5 aliphatic rings. The smallest absolute Gasteiger partial charge is 0.260 e. The molecule has 1 heterocycles. The van der Waals surface area contributed by atoms with Crippen LogP contribution in [0.5, 0.6) is 0 Å². The Morgan fingerprint density at radius 2 is 1.89 bits per heavy atom. The second-order valence-corrected chi connectivity index (χ2v) is 15.7. The second kappa shape index (κ2) is 12.5. The summed E-state index contributed by atoms with van der Waals surface area (Å²) in [6.07, 6.45) is 19.2. The van der Waals surface area contributed by atoms with E-state index in [1.165, 1.54) is 11.1 Å². The maximum absolute atomic E-state index is 12.8. The van der Waals surface area contributed by atoms with E-state index in [1.807, 2.05) is 0 Å². The van der Waals surface area contributed by atoms with Gasteiger partial charge in [-0.25, -0.2) is 0 Å². The highest BCUT2D eigenvalue weighted by Gasteiger charge is 2.63. The third-order valence-corrected chi connectivity index (χ3v) is 13.3. The zero-order valence-corrected chi connectivity index (χ0v) is 27.9. The van der Waals surface area contributed by atoms with Crippen molar-refractivity contribution in [3.05, 3.63) is 47.5 Å². The fourth-order valence-electron chi connectivity index (χ4n) is 10.4. The van der Waals surface area contributed by atoms with Crippen LogP contribution in [0.3, 0.4) is 0 Å². The van der Waals surface area contributed by atoms with Crippen molar-refractivity contribution in [2.45, 2.75) is 115 Å². The average Bonchev–Trinajstić information content (AvgIpc) is 3.32. The minimum Gasteiger partial charge on any atom is -0.385 e. The SMILES string of the molecule is C#C[C@]1(O)CC[C@H]2[C@@H]3CCC4=C/C(=N\OCC(=O)NCC[C@@]5(c6ccccc6)CCO[C@H](C(C)C)C5)CC[C@]4(C)[C@H]3CC[C@@]21C. The molecule has 244 valence electrons. The lowest BCUT2D eigenvalue weighted by atomic mass is 9.46. The van der Waals surface area contributed by atoms with E-state index in [0.29, 0.717) is 30.2 Å². The van der Waals surface area contributed by atoms with Gasteiger partial charge in [-0.2, -0.15) is 0 Å². The van der Waals surface area contributed by atoms with Crippen LogP contribution in [-0.2, 0) is 19.8 Å². The fraction of sp³-hybridized carbons (Fsp3) is 0.692. The van der Waals surface area contributed by atoms with Crippen LogP contribution in [0.4, 0.5) is 0 Å². The highest BCUT2D eigenvalue weighted by atomic mass is 16.6.